The van der Waals surface area contributed by atoms with Crippen LogP contribution in [0.1, 0.15) is 34.0 Å². The van der Waals surface area contributed by atoms with E-state index in [1.165, 1.54) is 35.2 Å². The molecule has 1 atom stereocenters. The third-order valence-electron chi connectivity index (χ3n) is 3.67. The fourth-order valence-corrected chi connectivity index (χ4v) is 3.52. The molecule has 2 heterocycles. The van der Waals surface area contributed by atoms with Crippen LogP contribution in [0.4, 0.5) is 0 Å². The lowest BCUT2D eigenvalue weighted by atomic mass is 10.2. The van der Waals surface area contributed by atoms with Crippen molar-refractivity contribution in [3.8, 4) is 11.5 Å². The molecule has 2 amide bonds. The summed E-state index contributed by atoms with van der Waals surface area (Å²) in [5.74, 6) is -0.146. The van der Waals surface area contributed by atoms with Crippen LogP contribution in [0.3, 0.4) is 0 Å². The van der Waals surface area contributed by atoms with Gasteiger partial charge in [0.25, 0.3) is 11.8 Å². The number of phenols is 1. The summed E-state index contributed by atoms with van der Waals surface area (Å²) in [5.41, 5.74) is 4.15. The Morgan fingerprint density at radius 1 is 1.42 bits per heavy atom. The average Bonchev–Trinajstić information content (AvgIpc) is 2.98. The van der Waals surface area contributed by atoms with Crippen molar-refractivity contribution in [3.05, 3.63) is 47.5 Å². The lowest BCUT2D eigenvalue weighted by molar-refractivity contribution is -0.130. The van der Waals surface area contributed by atoms with Gasteiger partial charge in [0.2, 0.25) is 0 Å². The predicted molar refractivity (Wildman–Crippen MR) is 95.6 cm³/mol. The largest absolute Gasteiger partial charge is 0.504 e. The summed E-state index contributed by atoms with van der Waals surface area (Å²) in [7, 11) is 0. The van der Waals surface area contributed by atoms with Gasteiger partial charge >= 0.3 is 0 Å². The first kappa shape index (κ1) is 18.0. The highest BCUT2D eigenvalue weighted by Gasteiger charge is 2.35. The van der Waals surface area contributed by atoms with Crippen molar-refractivity contribution in [2.24, 2.45) is 0 Å². The first-order valence-electron chi connectivity index (χ1n) is 7.98. The van der Waals surface area contributed by atoms with E-state index >= 15 is 0 Å². The number of amides is 2. The summed E-state index contributed by atoms with van der Waals surface area (Å²) in [6.07, 6.45) is 2.85. The van der Waals surface area contributed by atoms with Crippen LogP contribution in [0.5, 0.6) is 11.5 Å². The Hall–Kier alpha value is -2.81. The van der Waals surface area contributed by atoms with Crippen molar-refractivity contribution < 1.29 is 19.4 Å². The Balaban J connectivity index is 1.81. The number of aryl methyl sites for hydroxylation is 1. The molecular formula is C17H18N4O4S. The molecule has 1 aliphatic heterocycles. The first-order valence-corrected chi connectivity index (χ1v) is 9.03. The number of aromatic hydroxyl groups is 1. The third kappa shape index (κ3) is 3.72. The van der Waals surface area contributed by atoms with Crippen LogP contribution in [0.25, 0.3) is 0 Å². The fourth-order valence-electron chi connectivity index (χ4n) is 2.42. The number of thioether (sulfide) groups is 1. The molecule has 0 unspecified atom stereocenters. The molecule has 0 radical (unpaired) electrons. The van der Waals surface area contributed by atoms with Crippen LogP contribution < -0.4 is 10.2 Å². The Bertz CT molecular complexity index is 828. The molecule has 1 aliphatic rings. The zero-order valence-electron chi connectivity index (χ0n) is 14.3. The standard InChI is InChI=1S/C17H18N4O4S/c1-3-25-14-6-11(4-5-13(14)22)17-21(15(23)9-26-17)20-16(24)12-8-18-10(2)7-19-12/h4-8,17,22H,3,9H2,1-2H3,(H,20,24)/t17-/m0/s1. The molecule has 0 bridgehead atoms. The maximum absolute atomic E-state index is 12.4. The van der Waals surface area contributed by atoms with Crippen LogP contribution in [0, 0.1) is 6.92 Å². The minimum absolute atomic E-state index is 0.0236. The maximum atomic E-state index is 12.4. The average molecular weight is 374 g/mol. The van der Waals surface area contributed by atoms with Gasteiger partial charge in [-0.1, -0.05) is 6.07 Å². The van der Waals surface area contributed by atoms with Gasteiger partial charge in [0.1, 0.15) is 11.1 Å². The SMILES string of the molecule is CCOc1cc([C@@H]2SCC(=O)N2NC(=O)c2cnc(C)cn2)ccc1O. The lowest BCUT2D eigenvalue weighted by Crippen LogP contribution is -2.44. The molecule has 9 heteroatoms. The second-order valence-corrected chi connectivity index (χ2v) is 6.64. The number of carbonyl (C=O) groups excluding carboxylic acids is 2. The number of hydrogen-bond donors (Lipinski definition) is 2. The van der Waals surface area contributed by atoms with Gasteiger partial charge in [-0.05, 0) is 31.5 Å². The van der Waals surface area contributed by atoms with Crippen LogP contribution >= 0.6 is 11.8 Å². The summed E-state index contributed by atoms with van der Waals surface area (Å²) in [6, 6.07) is 4.87. The predicted octanol–water partition coefficient (Wildman–Crippen LogP) is 1.81. The minimum atomic E-state index is -0.512. The van der Waals surface area contributed by atoms with Crippen molar-refractivity contribution >= 4 is 23.6 Å². The second-order valence-electron chi connectivity index (χ2n) is 5.57. The number of hydrogen-bond acceptors (Lipinski definition) is 7. The number of benzene rings is 1. The van der Waals surface area contributed by atoms with E-state index in [0.717, 1.165) is 5.56 Å². The summed E-state index contributed by atoms with van der Waals surface area (Å²) in [4.78, 5) is 32.7. The van der Waals surface area contributed by atoms with Gasteiger partial charge in [-0.25, -0.2) is 9.99 Å². The molecule has 8 nitrogen and oxygen atoms in total. The number of ether oxygens (including phenoxy) is 1. The Morgan fingerprint density at radius 2 is 2.23 bits per heavy atom. The number of aromatic nitrogens is 2. The third-order valence-corrected chi connectivity index (χ3v) is 4.88. The topological polar surface area (TPSA) is 105 Å². The van der Waals surface area contributed by atoms with Crippen molar-refractivity contribution in [1.29, 1.82) is 0 Å². The van der Waals surface area contributed by atoms with Crippen molar-refractivity contribution in [2.45, 2.75) is 19.2 Å². The van der Waals surface area contributed by atoms with Gasteiger partial charge in [0.15, 0.2) is 11.5 Å². The molecule has 0 saturated carbocycles. The van der Waals surface area contributed by atoms with E-state index in [9.17, 15) is 14.7 Å². The van der Waals surface area contributed by atoms with E-state index < -0.39 is 11.3 Å². The Labute approximate surface area is 154 Å². The zero-order valence-corrected chi connectivity index (χ0v) is 15.1. The summed E-state index contributed by atoms with van der Waals surface area (Å²) < 4.78 is 5.39. The van der Waals surface area contributed by atoms with Gasteiger partial charge in [-0.2, -0.15) is 0 Å². The van der Waals surface area contributed by atoms with Crippen LogP contribution in [-0.4, -0.2) is 44.3 Å². The highest BCUT2D eigenvalue weighted by atomic mass is 32.2. The van der Waals surface area contributed by atoms with E-state index in [4.69, 9.17) is 4.74 Å². The summed E-state index contributed by atoms with van der Waals surface area (Å²) >= 11 is 1.37. The molecule has 1 aromatic carbocycles. The first-order chi connectivity index (χ1) is 12.5. The van der Waals surface area contributed by atoms with Gasteiger partial charge < -0.3 is 9.84 Å². The fraction of sp³-hybridized carbons (Fsp3) is 0.294. The van der Waals surface area contributed by atoms with E-state index in [2.05, 4.69) is 15.4 Å². The van der Waals surface area contributed by atoms with Crippen LogP contribution in [-0.2, 0) is 4.79 Å². The minimum Gasteiger partial charge on any atom is -0.504 e. The van der Waals surface area contributed by atoms with Crippen molar-refractivity contribution in [1.82, 2.24) is 20.4 Å². The monoisotopic (exact) mass is 374 g/mol. The molecule has 1 fully saturated rings. The van der Waals surface area contributed by atoms with Crippen molar-refractivity contribution in [3.63, 3.8) is 0 Å². The Morgan fingerprint density at radius 3 is 2.92 bits per heavy atom. The highest BCUT2D eigenvalue weighted by Crippen LogP contribution is 2.40. The molecule has 0 aliphatic carbocycles. The second kappa shape index (κ2) is 7.61. The number of hydrazine groups is 1. The molecule has 0 spiro atoms. The van der Waals surface area contributed by atoms with Crippen LogP contribution in [0.2, 0.25) is 0 Å². The molecule has 3 rings (SSSR count). The Kier molecular flexibility index (Phi) is 5.27. The molecule has 26 heavy (non-hydrogen) atoms. The van der Waals surface area contributed by atoms with Crippen LogP contribution in [0.15, 0.2) is 30.6 Å². The molecule has 1 aromatic heterocycles. The lowest BCUT2D eigenvalue weighted by Gasteiger charge is -2.24. The summed E-state index contributed by atoms with van der Waals surface area (Å²) in [6.45, 7) is 3.99. The van der Waals surface area contributed by atoms with E-state index in [1.807, 2.05) is 6.92 Å². The van der Waals surface area contributed by atoms with Gasteiger partial charge in [-0.3, -0.25) is 20.0 Å². The smallest absolute Gasteiger partial charge is 0.290 e. The number of carbonyl (C=O) groups is 2. The number of rotatable bonds is 5. The number of phenolic OH excluding ortho intramolecular Hbond substituents is 1. The van der Waals surface area contributed by atoms with Gasteiger partial charge in [-0.15, -0.1) is 11.8 Å². The molecule has 1 saturated heterocycles. The van der Waals surface area contributed by atoms with E-state index in [0.29, 0.717) is 18.1 Å². The van der Waals surface area contributed by atoms with Gasteiger partial charge in [0, 0.05) is 6.20 Å². The number of nitrogens with zero attached hydrogens (tertiary/aromatic N) is 3. The number of nitrogens with one attached hydrogen (secondary N) is 1. The van der Waals surface area contributed by atoms with Gasteiger partial charge in [0.05, 0.1) is 24.3 Å². The molecule has 2 N–H and O–H groups in total. The molecule has 2 aromatic rings. The van der Waals surface area contributed by atoms with E-state index in [-0.39, 0.29) is 23.1 Å². The highest BCUT2D eigenvalue weighted by molar-refractivity contribution is 8.00. The zero-order chi connectivity index (χ0) is 18.7. The van der Waals surface area contributed by atoms with E-state index in [1.54, 1.807) is 19.1 Å². The maximum Gasteiger partial charge on any atom is 0.290 e. The normalized spacial score (nSPS) is 16.6. The van der Waals surface area contributed by atoms with Crippen molar-refractivity contribution in [2.75, 3.05) is 12.4 Å². The quantitative estimate of drug-likeness (QED) is 0.822. The molecular weight excluding hydrogens is 356 g/mol. The summed E-state index contributed by atoms with van der Waals surface area (Å²) in [5, 5.41) is 10.7. The molecule has 136 valence electrons.